The Labute approximate surface area is 226 Å². The monoisotopic (exact) mass is 540 g/mol. The molecule has 1 aliphatic rings. The Morgan fingerprint density at radius 2 is 1.92 bits per heavy atom. The average Bonchev–Trinajstić information content (AvgIpc) is 3.24. The molecule has 37 heavy (non-hydrogen) atoms. The second-order valence-electron chi connectivity index (χ2n) is 9.99. The van der Waals surface area contributed by atoms with E-state index in [-0.39, 0.29) is 0 Å². The molecule has 3 aromatic rings. The lowest BCUT2D eigenvalue weighted by molar-refractivity contribution is -0.147. The fourth-order valence-electron chi connectivity index (χ4n) is 4.95. The maximum atomic E-state index is 13.3. The number of aromatic nitrogens is 2. The van der Waals surface area contributed by atoms with Gasteiger partial charge in [-0.25, -0.2) is 14.2 Å². The Balaban J connectivity index is 1.68. The fraction of sp³-hybridized carbons (Fsp3) is 0.464. The summed E-state index contributed by atoms with van der Waals surface area (Å²) in [5.41, 5.74) is 2.46. The predicted molar refractivity (Wildman–Crippen MR) is 152 cm³/mol. The van der Waals surface area contributed by atoms with Crippen molar-refractivity contribution in [1.29, 1.82) is 0 Å². The third-order valence-corrected chi connectivity index (χ3v) is 8.96. The lowest BCUT2D eigenvalue weighted by atomic mass is 9.85. The third kappa shape index (κ3) is 6.57. The largest absolute Gasteiger partial charge is 0.481 e. The fourth-order valence-corrected chi connectivity index (χ4v) is 6.71. The van der Waals surface area contributed by atoms with Crippen LogP contribution in [0.2, 0.25) is 0 Å². The maximum absolute atomic E-state index is 13.3. The topological polar surface area (TPSA) is 95.4 Å². The Morgan fingerprint density at radius 3 is 2.70 bits per heavy atom. The normalized spacial score (nSPS) is 18.2. The van der Waals surface area contributed by atoms with Crippen LogP contribution in [0.25, 0.3) is 11.3 Å². The van der Waals surface area contributed by atoms with Crippen LogP contribution in [0, 0.1) is 12.3 Å². The number of nitrogens with one attached hydrogen (secondary N) is 1. The quantitative estimate of drug-likeness (QED) is 0.385. The number of carbonyl (C=O) groups is 1. The summed E-state index contributed by atoms with van der Waals surface area (Å²) in [7, 11) is -1.60. The first-order chi connectivity index (χ1) is 17.8. The molecule has 4 rings (SSSR count). The highest BCUT2D eigenvalue weighted by Gasteiger charge is 2.35. The van der Waals surface area contributed by atoms with Crippen LogP contribution in [0.15, 0.2) is 47.5 Å². The van der Waals surface area contributed by atoms with Crippen molar-refractivity contribution >= 4 is 39.2 Å². The zero-order valence-corrected chi connectivity index (χ0v) is 23.5. The molecule has 2 unspecified atom stereocenters. The molecule has 2 N–H and O–H groups in total. The Hall–Kier alpha value is -2.78. The molecule has 9 heteroatoms. The van der Waals surface area contributed by atoms with E-state index in [0.29, 0.717) is 35.5 Å². The summed E-state index contributed by atoms with van der Waals surface area (Å²) >= 11 is 1.49. The Kier molecular flexibility index (Phi) is 8.97. The molecule has 0 fully saturated rings. The van der Waals surface area contributed by atoms with Crippen molar-refractivity contribution < 1.29 is 14.1 Å². The number of aryl methyl sites for hydroxylation is 2. The van der Waals surface area contributed by atoms with Crippen molar-refractivity contribution in [2.24, 2.45) is 5.41 Å². The maximum Gasteiger partial charge on any atom is 0.311 e. The van der Waals surface area contributed by atoms with Crippen LogP contribution in [0.1, 0.15) is 62.8 Å². The first kappa shape index (κ1) is 27.3. The molecule has 0 amide bonds. The van der Waals surface area contributed by atoms with E-state index in [1.165, 1.54) is 16.9 Å². The zero-order valence-electron chi connectivity index (χ0n) is 21.8. The van der Waals surface area contributed by atoms with Gasteiger partial charge in [0, 0.05) is 23.5 Å². The first-order valence-corrected chi connectivity index (χ1v) is 15.0. The molecule has 1 aliphatic heterocycles. The van der Waals surface area contributed by atoms with E-state index in [1.807, 2.05) is 39.0 Å². The Morgan fingerprint density at radius 1 is 1.14 bits per heavy atom. The number of carboxylic acid groups (broad SMARTS) is 1. The van der Waals surface area contributed by atoms with Crippen molar-refractivity contribution in [3.05, 3.63) is 52.9 Å². The number of fused-ring (bicyclic) bond motifs is 6. The number of anilines is 2. The summed E-state index contributed by atoms with van der Waals surface area (Å²) in [6, 6.07) is 13.9. The van der Waals surface area contributed by atoms with E-state index in [9.17, 15) is 14.1 Å². The summed E-state index contributed by atoms with van der Waals surface area (Å²) in [4.78, 5) is 24.9. The van der Waals surface area contributed by atoms with Crippen molar-refractivity contribution in [3.8, 4) is 11.3 Å². The predicted octanol–water partition coefficient (Wildman–Crippen LogP) is 6.46. The van der Waals surface area contributed by atoms with Gasteiger partial charge in [-0.2, -0.15) is 0 Å². The molecule has 3 heterocycles. The minimum absolute atomic E-state index is 0.356. The number of nitrogens with zero attached hydrogens (tertiary/aromatic N) is 3. The number of carboxylic acids is 1. The highest BCUT2D eigenvalue weighted by Crippen LogP contribution is 2.34. The highest BCUT2D eigenvalue weighted by atomic mass is 32.2. The standard InChI is InChI=1S/C28H36N4O3S2/c1-4-17-28(3,26(33)34)19-32-18-10-6-5-7-12-21-13-8-9-14-22(21)25-20(2)36-27(30-25)31-37(35)24-16-11-15-23(32)29-24/h8-9,11,13-16H,4-7,10,12,17-19H2,1-3H3,(H,30,31)(H,33,34). The van der Waals surface area contributed by atoms with Gasteiger partial charge in [0.25, 0.3) is 0 Å². The van der Waals surface area contributed by atoms with Gasteiger partial charge in [0.15, 0.2) is 21.1 Å². The molecule has 198 valence electrons. The van der Waals surface area contributed by atoms with Crippen LogP contribution >= 0.6 is 11.3 Å². The second kappa shape index (κ2) is 12.2. The molecule has 0 spiro atoms. The minimum atomic E-state index is -1.60. The smallest absolute Gasteiger partial charge is 0.311 e. The summed E-state index contributed by atoms with van der Waals surface area (Å²) < 4.78 is 16.3. The second-order valence-corrected chi connectivity index (χ2v) is 12.4. The molecule has 1 aromatic carbocycles. The first-order valence-electron chi connectivity index (χ1n) is 13.0. The molecule has 0 aliphatic carbocycles. The van der Waals surface area contributed by atoms with Gasteiger partial charge in [-0.05, 0) is 57.2 Å². The SMILES string of the molecule is CCCC(C)(CN1CCCCCCc2ccccc2-c2nc(sc2C)NS(=O)c2cccc1n2)C(=O)O. The summed E-state index contributed by atoms with van der Waals surface area (Å²) in [5.74, 6) is -0.142. The van der Waals surface area contributed by atoms with Gasteiger partial charge in [0.05, 0.1) is 11.1 Å². The summed E-state index contributed by atoms with van der Waals surface area (Å²) in [5, 5.41) is 11.0. The van der Waals surface area contributed by atoms with Crippen molar-refractivity contribution in [2.45, 2.75) is 70.7 Å². The third-order valence-electron chi connectivity index (χ3n) is 6.95. The van der Waals surface area contributed by atoms with E-state index >= 15 is 0 Å². The molecule has 0 saturated carbocycles. The average molecular weight is 541 g/mol. The molecule has 0 radical (unpaired) electrons. The molecular formula is C28H36N4O3S2. The van der Waals surface area contributed by atoms with E-state index in [1.54, 1.807) is 6.07 Å². The number of pyridine rings is 1. The molecule has 2 aromatic heterocycles. The van der Waals surface area contributed by atoms with Crippen LogP contribution in [0.3, 0.4) is 0 Å². The molecule has 4 bridgehead atoms. The molecule has 2 atom stereocenters. The van der Waals surface area contributed by atoms with Crippen molar-refractivity contribution in [3.63, 3.8) is 0 Å². The summed E-state index contributed by atoms with van der Waals surface area (Å²) in [6.07, 6.45) is 6.49. The van der Waals surface area contributed by atoms with E-state index in [0.717, 1.165) is 54.7 Å². The van der Waals surface area contributed by atoms with Crippen molar-refractivity contribution in [2.75, 3.05) is 22.7 Å². The van der Waals surface area contributed by atoms with Gasteiger partial charge in [0.1, 0.15) is 5.82 Å². The molecule has 0 saturated heterocycles. The van der Waals surface area contributed by atoms with Gasteiger partial charge in [-0.15, -0.1) is 11.3 Å². The Bertz CT molecular complexity index is 1260. The summed E-state index contributed by atoms with van der Waals surface area (Å²) in [6.45, 7) is 6.92. The van der Waals surface area contributed by atoms with E-state index < -0.39 is 22.4 Å². The minimum Gasteiger partial charge on any atom is -0.481 e. The number of hydrogen-bond donors (Lipinski definition) is 2. The van der Waals surface area contributed by atoms with Crippen LogP contribution in [0.4, 0.5) is 10.9 Å². The van der Waals surface area contributed by atoms with Crippen molar-refractivity contribution in [1.82, 2.24) is 9.97 Å². The van der Waals surface area contributed by atoms with Crippen LogP contribution in [-0.2, 0) is 22.2 Å². The van der Waals surface area contributed by atoms with Gasteiger partial charge < -0.3 is 10.0 Å². The number of thiazole rings is 1. The van der Waals surface area contributed by atoms with Gasteiger partial charge in [-0.3, -0.25) is 9.52 Å². The van der Waals surface area contributed by atoms with E-state index in [4.69, 9.17) is 9.97 Å². The van der Waals surface area contributed by atoms with Crippen LogP contribution in [-0.4, -0.2) is 38.3 Å². The number of rotatable bonds is 5. The number of hydrogen-bond acceptors (Lipinski definition) is 6. The number of benzene rings is 1. The molecule has 7 nitrogen and oxygen atoms in total. The zero-order chi connectivity index (χ0) is 26.4. The van der Waals surface area contributed by atoms with Gasteiger partial charge >= 0.3 is 5.97 Å². The van der Waals surface area contributed by atoms with Gasteiger partial charge in [-0.1, -0.05) is 56.5 Å². The van der Waals surface area contributed by atoms with Gasteiger partial charge in [0.2, 0.25) is 0 Å². The molecular weight excluding hydrogens is 504 g/mol. The van der Waals surface area contributed by atoms with E-state index in [2.05, 4.69) is 27.8 Å². The van der Waals surface area contributed by atoms with Crippen LogP contribution < -0.4 is 9.62 Å². The lowest BCUT2D eigenvalue weighted by Crippen LogP contribution is -2.42. The van der Waals surface area contributed by atoms with Crippen LogP contribution in [0.5, 0.6) is 0 Å². The number of aliphatic carboxylic acids is 1. The highest BCUT2D eigenvalue weighted by molar-refractivity contribution is 7.86. The lowest BCUT2D eigenvalue weighted by Gasteiger charge is -2.33.